The van der Waals surface area contributed by atoms with E-state index in [-0.39, 0.29) is 5.60 Å². The van der Waals surface area contributed by atoms with Gasteiger partial charge in [0.25, 0.3) is 0 Å². The van der Waals surface area contributed by atoms with E-state index in [1.54, 1.807) is 0 Å². The van der Waals surface area contributed by atoms with Gasteiger partial charge >= 0.3 is 0 Å². The van der Waals surface area contributed by atoms with E-state index in [4.69, 9.17) is 4.74 Å². The van der Waals surface area contributed by atoms with E-state index in [2.05, 4.69) is 26.1 Å². The summed E-state index contributed by atoms with van der Waals surface area (Å²) in [6, 6.07) is 0. The van der Waals surface area contributed by atoms with Gasteiger partial charge in [-0.2, -0.15) is 0 Å². The molecule has 1 unspecified atom stereocenters. The summed E-state index contributed by atoms with van der Waals surface area (Å²) < 4.78 is 5.77. The van der Waals surface area contributed by atoms with Gasteiger partial charge < -0.3 is 4.74 Å². The fourth-order valence-electron chi connectivity index (χ4n) is 1.35. The van der Waals surface area contributed by atoms with Crippen LogP contribution in [0.4, 0.5) is 0 Å². The Bertz CT molecular complexity index is 111. The second kappa shape index (κ2) is 3.55. The third kappa shape index (κ3) is 3.73. The average Bonchev–Trinajstić information content (AvgIpc) is 1.85. The van der Waals surface area contributed by atoms with Crippen molar-refractivity contribution in [3.63, 3.8) is 0 Å². The van der Waals surface area contributed by atoms with Crippen LogP contribution in [0.25, 0.3) is 0 Å². The molecule has 0 radical (unpaired) electrons. The lowest BCUT2D eigenvalue weighted by Gasteiger charge is -2.30. The second-order valence-electron chi connectivity index (χ2n) is 4.17. The Kier molecular flexibility index (Phi) is 2.90. The molecule has 0 aromatic rings. The molecule has 0 amide bonds. The summed E-state index contributed by atoms with van der Waals surface area (Å²) >= 11 is 0. The predicted molar refractivity (Wildman–Crippen MR) is 46.5 cm³/mol. The summed E-state index contributed by atoms with van der Waals surface area (Å²) in [6.07, 6.45) is 4.05. The first-order chi connectivity index (χ1) is 5.08. The van der Waals surface area contributed by atoms with Crippen molar-refractivity contribution in [2.45, 2.75) is 51.9 Å². The van der Waals surface area contributed by atoms with Crippen molar-refractivity contribution in [2.24, 2.45) is 0 Å². The topological polar surface area (TPSA) is 21.3 Å². The number of hydrogen-bond donors (Lipinski definition) is 1. The van der Waals surface area contributed by atoms with Crippen LogP contribution in [0.1, 0.15) is 40.0 Å². The minimum Gasteiger partial charge on any atom is -0.358 e. The molecule has 1 fully saturated rings. The van der Waals surface area contributed by atoms with Gasteiger partial charge in [-0.15, -0.1) is 0 Å². The Labute approximate surface area is 69.3 Å². The van der Waals surface area contributed by atoms with Crippen molar-refractivity contribution in [2.75, 3.05) is 6.54 Å². The Hall–Kier alpha value is -0.0800. The minimum absolute atomic E-state index is 0.00495. The van der Waals surface area contributed by atoms with E-state index in [0.717, 1.165) is 13.0 Å². The molecule has 1 N–H and O–H groups in total. The van der Waals surface area contributed by atoms with Crippen molar-refractivity contribution in [3.8, 4) is 0 Å². The van der Waals surface area contributed by atoms with E-state index < -0.39 is 0 Å². The molecule has 0 saturated carbocycles. The highest BCUT2D eigenvalue weighted by Gasteiger charge is 2.19. The number of rotatable bonds is 1. The molecule has 1 saturated heterocycles. The van der Waals surface area contributed by atoms with Crippen LogP contribution >= 0.6 is 0 Å². The lowest BCUT2D eigenvalue weighted by Crippen LogP contribution is -2.41. The maximum atomic E-state index is 5.77. The standard InChI is InChI=1S/C9H19NO/c1-9(2,3)11-8-6-4-5-7-10-8/h8,10H,4-7H2,1-3H3. The summed E-state index contributed by atoms with van der Waals surface area (Å²) in [7, 11) is 0. The van der Waals surface area contributed by atoms with Crippen LogP contribution in [-0.2, 0) is 4.74 Å². The van der Waals surface area contributed by atoms with Crippen molar-refractivity contribution in [3.05, 3.63) is 0 Å². The molecule has 66 valence electrons. The Morgan fingerprint density at radius 3 is 2.45 bits per heavy atom. The zero-order valence-corrected chi connectivity index (χ0v) is 7.81. The van der Waals surface area contributed by atoms with Crippen molar-refractivity contribution < 1.29 is 4.74 Å². The summed E-state index contributed by atoms with van der Waals surface area (Å²) in [5, 5.41) is 3.35. The van der Waals surface area contributed by atoms with Gasteiger partial charge in [0.05, 0.1) is 5.60 Å². The van der Waals surface area contributed by atoms with Crippen molar-refractivity contribution in [1.82, 2.24) is 5.32 Å². The van der Waals surface area contributed by atoms with Crippen molar-refractivity contribution >= 4 is 0 Å². The highest BCUT2D eigenvalue weighted by atomic mass is 16.5. The van der Waals surface area contributed by atoms with Gasteiger partial charge in [0, 0.05) is 0 Å². The van der Waals surface area contributed by atoms with Crippen LogP contribution in [0.15, 0.2) is 0 Å². The summed E-state index contributed by atoms with van der Waals surface area (Å²) in [4.78, 5) is 0. The van der Waals surface area contributed by atoms with E-state index in [0.29, 0.717) is 6.23 Å². The van der Waals surface area contributed by atoms with Gasteiger partial charge in [0.1, 0.15) is 6.23 Å². The van der Waals surface area contributed by atoms with E-state index in [1.807, 2.05) is 0 Å². The smallest absolute Gasteiger partial charge is 0.108 e. The van der Waals surface area contributed by atoms with Gasteiger partial charge in [0.2, 0.25) is 0 Å². The number of ether oxygens (including phenoxy) is 1. The Morgan fingerprint density at radius 2 is 2.00 bits per heavy atom. The summed E-state index contributed by atoms with van der Waals surface area (Å²) in [5.74, 6) is 0. The fourth-order valence-corrected chi connectivity index (χ4v) is 1.35. The van der Waals surface area contributed by atoms with Gasteiger partial charge in [-0.25, -0.2) is 0 Å². The highest BCUT2D eigenvalue weighted by Crippen LogP contribution is 2.15. The molecule has 1 atom stereocenters. The highest BCUT2D eigenvalue weighted by molar-refractivity contribution is 4.68. The Morgan fingerprint density at radius 1 is 1.27 bits per heavy atom. The molecule has 0 spiro atoms. The molecule has 2 nitrogen and oxygen atoms in total. The third-order valence-electron chi connectivity index (χ3n) is 1.76. The molecule has 1 aliphatic heterocycles. The van der Waals surface area contributed by atoms with Crippen LogP contribution in [0.2, 0.25) is 0 Å². The quantitative estimate of drug-likeness (QED) is 0.627. The zero-order chi connectivity index (χ0) is 8.32. The molecule has 1 heterocycles. The molecule has 0 aromatic heterocycles. The monoisotopic (exact) mass is 157 g/mol. The molecular formula is C9H19NO. The first kappa shape index (κ1) is 9.01. The normalized spacial score (nSPS) is 27.0. The maximum absolute atomic E-state index is 5.77. The maximum Gasteiger partial charge on any atom is 0.108 e. The van der Waals surface area contributed by atoms with Crippen LogP contribution in [-0.4, -0.2) is 18.4 Å². The van der Waals surface area contributed by atoms with Gasteiger partial charge in [-0.05, 0) is 46.6 Å². The predicted octanol–water partition coefficient (Wildman–Crippen LogP) is 1.90. The molecular weight excluding hydrogens is 138 g/mol. The molecule has 2 heteroatoms. The summed E-state index contributed by atoms with van der Waals surface area (Å²) in [5.41, 5.74) is -0.00495. The Balaban J connectivity index is 2.24. The molecule has 1 aliphatic rings. The van der Waals surface area contributed by atoms with E-state index in [1.165, 1.54) is 12.8 Å². The number of hydrogen-bond acceptors (Lipinski definition) is 2. The molecule has 11 heavy (non-hydrogen) atoms. The molecule has 0 aromatic carbocycles. The van der Waals surface area contributed by atoms with E-state index in [9.17, 15) is 0 Å². The van der Waals surface area contributed by atoms with Gasteiger partial charge in [-0.3, -0.25) is 5.32 Å². The minimum atomic E-state index is -0.00495. The first-order valence-electron chi connectivity index (χ1n) is 4.49. The first-order valence-corrected chi connectivity index (χ1v) is 4.49. The van der Waals surface area contributed by atoms with Crippen LogP contribution in [0, 0.1) is 0 Å². The van der Waals surface area contributed by atoms with Crippen LogP contribution in [0.3, 0.4) is 0 Å². The van der Waals surface area contributed by atoms with Crippen LogP contribution in [0.5, 0.6) is 0 Å². The third-order valence-corrected chi connectivity index (χ3v) is 1.76. The lowest BCUT2D eigenvalue weighted by molar-refractivity contribution is -0.0842. The molecule has 0 aliphatic carbocycles. The van der Waals surface area contributed by atoms with Crippen molar-refractivity contribution in [1.29, 1.82) is 0 Å². The zero-order valence-electron chi connectivity index (χ0n) is 7.81. The fraction of sp³-hybridized carbons (Fsp3) is 1.00. The lowest BCUT2D eigenvalue weighted by atomic mass is 10.1. The molecule has 1 rings (SSSR count). The van der Waals surface area contributed by atoms with Gasteiger partial charge in [0.15, 0.2) is 0 Å². The average molecular weight is 157 g/mol. The number of piperidine rings is 1. The SMILES string of the molecule is CC(C)(C)OC1CCCCN1. The molecule has 0 bridgehead atoms. The van der Waals surface area contributed by atoms with Crippen LogP contribution < -0.4 is 5.32 Å². The second-order valence-corrected chi connectivity index (χ2v) is 4.17. The summed E-state index contributed by atoms with van der Waals surface area (Å²) in [6.45, 7) is 7.41. The van der Waals surface area contributed by atoms with Gasteiger partial charge in [-0.1, -0.05) is 0 Å². The largest absolute Gasteiger partial charge is 0.358 e. The number of nitrogens with one attached hydrogen (secondary N) is 1. The van der Waals surface area contributed by atoms with E-state index >= 15 is 0 Å².